The number of aliphatic hydroxyl groups excluding tert-OH is 1. The fourth-order valence-electron chi connectivity index (χ4n) is 4.38. The van der Waals surface area contributed by atoms with E-state index in [1.165, 1.54) is 31.4 Å². The molecule has 1 aliphatic heterocycles. The van der Waals surface area contributed by atoms with Gasteiger partial charge in [-0.15, -0.1) is 0 Å². The Kier molecular flexibility index (Phi) is 7.30. The minimum atomic E-state index is -4.95. The van der Waals surface area contributed by atoms with Crippen molar-refractivity contribution in [3.05, 3.63) is 71.2 Å². The van der Waals surface area contributed by atoms with Crippen LogP contribution in [-0.4, -0.2) is 60.3 Å². The van der Waals surface area contributed by atoms with Crippen LogP contribution in [0, 0.1) is 5.82 Å². The molecule has 13 heteroatoms. The quantitative estimate of drug-likeness (QED) is 0.285. The van der Waals surface area contributed by atoms with Gasteiger partial charge in [0.1, 0.15) is 23.7 Å². The number of nitrogens with one attached hydrogen (secondary N) is 1. The third kappa shape index (κ3) is 5.39. The molecule has 218 valence electrons. The molecule has 0 bridgehead atoms. The van der Waals surface area contributed by atoms with E-state index in [4.69, 9.17) is 19.9 Å². The lowest BCUT2D eigenvalue weighted by atomic mass is 9.88. The van der Waals surface area contributed by atoms with Gasteiger partial charge in [-0.25, -0.2) is 9.37 Å². The van der Waals surface area contributed by atoms with E-state index in [1.807, 2.05) is 0 Å². The number of aliphatic hydroxyl groups is 2. The highest BCUT2D eigenvalue weighted by molar-refractivity contribution is 5.95. The molecule has 2 aliphatic rings. The maximum Gasteiger partial charge on any atom is 0.414 e. The summed E-state index contributed by atoms with van der Waals surface area (Å²) < 4.78 is 72.2. The molecule has 2 aromatic carbocycles. The van der Waals surface area contributed by atoms with Crippen LogP contribution in [0.3, 0.4) is 0 Å². The average molecular weight is 578 g/mol. The van der Waals surface area contributed by atoms with Crippen molar-refractivity contribution in [3.8, 4) is 28.5 Å². The highest BCUT2D eigenvalue weighted by Crippen LogP contribution is 2.49. The van der Waals surface area contributed by atoms with Crippen molar-refractivity contribution in [2.45, 2.75) is 36.3 Å². The molecule has 9 nitrogen and oxygen atoms in total. The number of methoxy groups -OCH3 is 1. The van der Waals surface area contributed by atoms with E-state index in [0.717, 1.165) is 31.0 Å². The number of rotatable bonds is 9. The van der Waals surface area contributed by atoms with Crippen molar-refractivity contribution in [2.75, 3.05) is 26.9 Å². The monoisotopic (exact) mass is 577 g/mol. The Balaban J connectivity index is 1.48. The minimum absolute atomic E-state index is 0.0951. The third-order valence-corrected chi connectivity index (χ3v) is 7.04. The number of carbonyl (C=O) groups is 1. The number of halogens is 4. The lowest BCUT2D eigenvalue weighted by Gasteiger charge is -2.29. The van der Waals surface area contributed by atoms with Gasteiger partial charge in [-0.1, -0.05) is 0 Å². The molecule has 1 fully saturated rings. The van der Waals surface area contributed by atoms with Crippen molar-refractivity contribution in [2.24, 2.45) is 5.73 Å². The van der Waals surface area contributed by atoms with Crippen molar-refractivity contribution in [1.82, 2.24) is 10.3 Å². The van der Waals surface area contributed by atoms with E-state index in [-0.39, 0.29) is 28.7 Å². The number of ether oxygens (including phenoxy) is 3. The number of fused-ring (bicyclic) bond motifs is 1. The Labute approximate surface area is 231 Å². The summed E-state index contributed by atoms with van der Waals surface area (Å²) >= 11 is 0. The zero-order valence-electron chi connectivity index (χ0n) is 21.8. The first-order valence-corrected chi connectivity index (χ1v) is 12.6. The normalized spacial score (nSPS) is 19.6. The number of carbonyl (C=O) groups excluding carboxylic acids is 1. The van der Waals surface area contributed by atoms with Crippen LogP contribution in [0.2, 0.25) is 0 Å². The van der Waals surface area contributed by atoms with Crippen LogP contribution in [0.25, 0.3) is 11.3 Å². The van der Waals surface area contributed by atoms with Crippen LogP contribution in [0.4, 0.5) is 17.6 Å². The van der Waals surface area contributed by atoms with E-state index >= 15 is 0 Å². The van der Waals surface area contributed by atoms with E-state index < -0.39 is 60.1 Å². The Bertz CT molecular complexity index is 1460. The third-order valence-electron chi connectivity index (χ3n) is 7.04. The molecular weight excluding hydrogens is 550 g/mol. The van der Waals surface area contributed by atoms with Crippen LogP contribution in [0.15, 0.2) is 48.5 Å². The smallest absolute Gasteiger partial charge is 0.414 e. The summed E-state index contributed by atoms with van der Waals surface area (Å²) in [7, 11) is 1.42. The SMILES string of the molecule is COc1cc(C(=O)NC[C@@](O)(CO)c2cc3c(c(-c4ccc(F)cc4)n2)OC[C@@]3(N)C(F)(F)F)ccc1OC1CC1. The van der Waals surface area contributed by atoms with Gasteiger partial charge in [0.15, 0.2) is 22.8 Å². The molecule has 2 heterocycles. The predicted octanol–water partition coefficient (Wildman–Crippen LogP) is 3.16. The first-order chi connectivity index (χ1) is 19.4. The summed E-state index contributed by atoms with van der Waals surface area (Å²) in [5.41, 5.74) is -0.276. The zero-order chi connectivity index (χ0) is 29.6. The Hall–Kier alpha value is -3.94. The molecule has 0 saturated heterocycles. The topological polar surface area (TPSA) is 136 Å². The van der Waals surface area contributed by atoms with Gasteiger partial charge in [0.25, 0.3) is 5.91 Å². The molecule has 1 aliphatic carbocycles. The van der Waals surface area contributed by atoms with Crippen molar-refractivity contribution in [1.29, 1.82) is 0 Å². The van der Waals surface area contributed by atoms with E-state index in [9.17, 15) is 32.6 Å². The number of hydrogen-bond acceptors (Lipinski definition) is 8. The second-order valence-corrected chi connectivity index (χ2v) is 10.1. The largest absolute Gasteiger partial charge is 0.493 e. The number of pyridine rings is 1. The molecule has 2 atom stereocenters. The lowest BCUT2D eigenvalue weighted by molar-refractivity contribution is -0.191. The number of nitrogens with two attached hydrogens (primary N) is 1. The molecule has 0 unspecified atom stereocenters. The van der Waals surface area contributed by atoms with Gasteiger partial charge in [-0.3, -0.25) is 4.79 Å². The Morgan fingerprint density at radius 3 is 2.49 bits per heavy atom. The fourth-order valence-corrected chi connectivity index (χ4v) is 4.38. The standard InChI is InChI=1S/C28H27F4N3O6/c1-39-21-10-16(4-9-20(21)41-18-7-8-18)25(37)34-12-26(38,13-36)22-11-19-24(40-14-27(19,33)28(30,31)32)23(35-22)15-2-5-17(29)6-3-15/h2-6,9-11,18,36,38H,7-8,12-14,33H2,1H3,(H,34,37)/t26-,27+/m1/s1. The highest BCUT2D eigenvalue weighted by atomic mass is 19.4. The van der Waals surface area contributed by atoms with Gasteiger partial charge < -0.3 is 35.5 Å². The summed E-state index contributed by atoms with van der Waals surface area (Å²) in [6, 6.07) is 10.1. The number of hydrogen-bond donors (Lipinski definition) is 4. The van der Waals surface area contributed by atoms with Gasteiger partial charge in [0, 0.05) is 16.7 Å². The maximum atomic E-state index is 14.1. The average Bonchev–Trinajstić information content (AvgIpc) is 3.71. The van der Waals surface area contributed by atoms with Gasteiger partial charge in [-0.2, -0.15) is 13.2 Å². The van der Waals surface area contributed by atoms with E-state index in [1.54, 1.807) is 6.07 Å². The van der Waals surface area contributed by atoms with Crippen LogP contribution in [0.5, 0.6) is 17.2 Å². The fraction of sp³-hybridized carbons (Fsp3) is 0.357. The Morgan fingerprint density at radius 2 is 1.88 bits per heavy atom. The molecule has 0 spiro atoms. The predicted molar refractivity (Wildman–Crippen MR) is 137 cm³/mol. The number of benzene rings is 2. The highest BCUT2D eigenvalue weighted by Gasteiger charge is 2.59. The first-order valence-electron chi connectivity index (χ1n) is 12.6. The zero-order valence-corrected chi connectivity index (χ0v) is 21.8. The molecular formula is C28H27F4N3O6. The summed E-state index contributed by atoms with van der Waals surface area (Å²) in [5.74, 6) is -0.766. The molecule has 5 rings (SSSR count). The van der Waals surface area contributed by atoms with Crippen LogP contribution in [0.1, 0.15) is 34.5 Å². The lowest BCUT2D eigenvalue weighted by Crippen LogP contribution is -2.52. The Morgan fingerprint density at radius 1 is 1.17 bits per heavy atom. The molecule has 1 saturated carbocycles. The number of nitrogens with zero attached hydrogens (tertiary/aromatic N) is 1. The van der Waals surface area contributed by atoms with E-state index in [0.29, 0.717) is 11.5 Å². The summed E-state index contributed by atoms with van der Waals surface area (Å²) in [5, 5.41) is 24.0. The second-order valence-electron chi connectivity index (χ2n) is 10.1. The second kappa shape index (κ2) is 10.5. The van der Waals surface area contributed by atoms with Gasteiger partial charge in [0.2, 0.25) is 0 Å². The van der Waals surface area contributed by atoms with Crippen LogP contribution >= 0.6 is 0 Å². The van der Waals surface area contributed by atoms with E-state index in [2.05, 4.69) is 10.3 Å². The summed E-state index contributed by atoms with van der Waals surface area (Å²) in [6.07, 6.45) is -3.01. The van der Waals surface area contributed by atoms with Gasteiger partial charge in [-0.05, 0) is 61.4 Å². The van der Waals surface area contributed by atoms with Crippen LogP contribution in [-0.2, 0) is 11.1 Å². The first kappa shape index (κ1) is 28.6. The van der Waals surface area contributed by atoms with Crippen molar-refractivity contribution in [3.63, 3.8) is 0 Å². The summed E-state index contributed by atoms with van der Waals surface area (Å²) in [6.45, 7) is -2.62. The number of alkyl halides is 3. The van der Waals surface area contributed by atoms with Crippen molar-refractivity contribution >= 4 is 5.91 Å². The molecule has 5 N–H and O–H groups in total. The minimum Gasteiger partial charge on any atom is -0.493 e. The molecule has 41 heavy (non-hydrogen) atoms. The van der Waals surface area contributed by atoms with Crippen molar-refractivity contribution < 1.29 is 46.8 Å². The number of amides is 1. The van der Waals surface area contributed by atoms with Gasteiger partial charge >= 0.3 is 6.18 Å². The molecule has 3 aromatic rings. The molecule has 1 amide bonds. The van der Waals surface area contributed by atoms with Gasteiger partial charge in [0.05, 0.1) is 32.1 Å². The molecule has 1 aromatic heterocycles. The molecule has 0 radical (unpaired) electrons. The van der Waals surface area contributed by atoms with Crippen LogP contribution < -0.4 is 25.3 Å². The maximum absolute atomic E-state index is 14.1. The summed E-state index contributed by atoms with van der Waals surface area (Å²) in [4.78, 5) is 17.2. The number of aromatic nitrogens is 1.